The van der Waals surface area contributed by atoms with Gasteiger partial charge in [-0.1, -0.05) is 41.7 Å². The van der Waals surface area contributed by atoms with Crippen LogP contribution in [0.25, 0.3) is 16.3 Å². The number of nitrogens with one attached hydrogen (secondary N) is 1. The highest BCUT2D eigenvalue weighted by molar-refractivity contribution is 7.16. The smallest absolute Gasteiger partial charge is 0.234 e. The fourth-order valence-corrected chi connectivity index (χ4v) is 3.62. The van der Waals surface area contributed by atoms with Crippen molar-refractivity contribution in [2.75, 3.05) is 20.3 Å². The zero-order valence-electron chi connectivity index (χ0n) is 11.6. The molecule has 3 aromatic rings. The molecule has 2 unspecified atom stereocenters. The van der Waals surface area contributed by atoms with E-state index in [-0.39, 0.29) is 5.92 Å². The average molecular weight is 301 g/mol. The summed E-state index contributed by atoms with van der Waals surface area (Å²) in [6, 6.07) is 10.3. The summed E-state index contributed by atoms with van der Waals surface area (Å²) >= 11 is 1.59. The van der Waals surface area contributed by atoms with Crippen molar-refractivity contribution in [1.29, 1.82) is 0 Å². The normalized spacial score (nSPS) is 22.1. The molecule has 3 heterocycles. The molecule has 1 aromatic carbocycles. The molecule has 2 aromatic heterocycles. The Hall–Kier alpha value is -1.83. The Bertz CT molecular complexity index is 753. The molecule has 6 nitrogen and oxygen atoms in total. The van der Waals surface area contributed by atoms with E-state index in [4.69, 9.17) is 9.84 Å². The van der Waals surface area contributed by atoms with Crippen LogP contribution in [0.1, 0.15) is 10.9 Å². The Morgan fingerprint density at radius 3 is 2.90 bits per heavy atom. The molecule has 21 heavy (non-hydrogen) atoms. The van der Waals surface area contributed by atoms with Crippen molar-refractivity contribution in [1.82, 2.24) is 25.1 Å². The van der Waals surface area contributed by atoms with Gasteiger partial charge in [-0.15, -0.1) is 10.2 Å². The molecule has 1 saturated heterocycles. The number of hydrogen-bond acceptors (Lipinski definition) is 6. The number of rotatable bonds is 3. The van der Waals surface area contributed by atoms with E-state index in [0.717, 1.165) is 28.0 Å². The molecule has 2 atom stereocenters. The van der Waals surface area contributed by atoms with Crippen molar-refractivity contribution < 1.29 is 4.74 Å². The van der Waals surface area contributed by atoms with Crippen molar-refractivity contribution in [3.05, 3.63) is 35.3 Å². The second-order valence-electron chi connectivity index (χ2n) is 5.06. The van der Waals surface area contributed by atoms with E-state index in [1.165, 1.54) is 0 Å². The third kappa shape index (κ3) is 2.14. The largest absolute Gasteiger partial charge is 0.379 e. The zero-order valence-corrected chi connectivity index (χ0v) is 12.4. The highest BCUT2D eigenvalue weighted by Gasteiger charge is 2.31. The number of ether oxygens (including phenoxy) is 1. The molecule has 4 rings (SSSR count). The van der Waals surface area contributed by atoms with Crippen LogP contribution < -0.4 is 5.32 Å². The first-order valence-electron chi connectivity index (χ1n) is 6.89. The van der Waals surface area contributed by atoms with E-state index in [1.807, 2.05) is 41.9 Å². The molecule has 1 aliphatic rings. The minimum absolute atomic E-state index is 0.283. The summed E-state index contributed by atoms with van der Waals surface area (Å²) in [6.07, 6.45) is 0. The predicted molar refractivity (Wildman–Crippen MR) is 80.5 cm³/mol. The van der Waals surface area contributed by atoms with Crippen LogP contribution in [0.4, 0.5) is 0 Å². The van der Waals surface area contributed by atoms with Gasteiger partial charge in [0.05, 0.1) is 19.1 Å². The molecule has 0 aliphatic carbocycles. The van der Waals surface area contributed by atoms with Crippen molar-refractivity contribution in [3.63, 3.8) is 0 Å². The van der Waals surface area contributed by atoms with Crippen molar-refractivity contribution in [2.45, 2.75) is 12.0 Å². The van der Waals surface area contributed by atoms with Gasteiger partial charge in [0.2, 0.25) is 4.96 Å². The van der Waals surface area contributed by atoms with Gasteiger partial charge in [0.15, 0.2) is 5.82 Å². The lowest BCUT2D eigenvalue weighted by Crippen LogP contribution is -2.31. The maximum Gasteiger partial charge on any atom is 0.234 e. The molecule has 0 saturated carbocycles. The van der Waals surface area contributed by atoms with E-state index in [0.29, 0.717) is 12.6 Å². The molecule has 0 bridgehead atoms. The Morgan fingerprint density at radius 2 is 2.10 bits per heavy atom. The molecule has 0 amide bonds. The first-order valence-corrected chi connectivity index (χ1v) is 7.71. The summed E-state index contributed by atoms with van der Waals surface area (Å²) in [5, 5.41) is 17.6. The van der Waals surface area contributed by atoms with E-state index in [9.17, 15) is 0 Å². The quantitative estimate of drug-likeness (QED) is 0.795. The monoisotopic (exact) mass is 301 g/mol. The fourth-order valence-electron chi connectivity index (χ4n) is 2.63. The van der Waals surface area contributed by atoms with E-state index in [1.54, 1.807) is 11.3 Å². The molecule has 0 radical (unpaired) electrons. The topological polar surface area (TPSA) is 64.3 Å². The third-order valence-electron chi connectivity index (χ3n) is 3.81. The number of benzene rings is 1. The van der Waals surface area contributed by atoms with Crippen LogP contribution in [0.3, 0.4) is 0 Å². The van der Waals surface area contributed by atoms with Crippen LogP contribution in [-0.4, -0.2) is 46.1 Å². The van der Waals surface area contributed by atoms with Crippen molar-refractivity contribution in [2.24, 2.45) is 0 Å². The lowest BCUT2D eigenvalue weighted by atomic mass is 10.1. The summed E-state index contributed by atoms with van der Waals surface area (Å²) in [5.74, 6) is 1.07. The first kappa shape index (κ1) is 12.9. The number of nitrogens with zero attached hydrogens (tertiary/aromatic N) is 4. The Kier molecular flexibility index (Phi) is 3.17. The SMILES string of the molecule is CNC1COCC1c1nn2c(-c3ccccc3)nnc2s1. The molecular weight excluding hydrogens is 286 g/mol. The van der Waals surface area contributed by atoms with Gasteiger partial charge in [0.1, 0.15) is 5.01 Å². The summed E-state index contributed by atoms with van der Waals surface area (Å²) in [4.78, 5) is 0.825. The van der Waals surface area contributed by atoms with Crippen LogP contribution in [0.2, 0.25) is 0 Å². The van der Waals surface area contributed by atoms with Gasteiger partial charge in [-0.25, -0.2) is 0 Å². The molecule has 1 aliphatic heterocycles. The maximum atomic E-state index is 5.56. The van der Waals surface area contributed by atoms with Gasteiger partial charge in [-0.05, 0) is 7.05 Å². The Morgan fingerprint density at radius 1 is 1.24 bits per heavy atom. The summed E-state index contributed by atoms with van der Waals surface area (Å²) < 4.78 is 7.40. The molecular formula is C14H15N5OS. The van der Waals surface area contributed by atoms with Crippen LogP contribution in [0, 0.1) is 0 Å². The number of hydrogen-bond donors (Lipinski definition) is 1. The third-order valence-corrected chi connectivity index (χ3v) is 4.84. The second-order valence-corrected chi connectivity index (χ2v) is 6.05. The summed E-state index contributed by atoms with van der Waals surface area (Å²) in [7, 11) is 1.96. The van der Waals surface area contributed by atoms with E-state index in [2.05, 4.69) is 15.5 Å². The summed E-state index contributed by atoms with van der Waals surface area (Å²) in [5.41, 5.74) is 1.02. The lowest BCUT2D eigenvalue weighted by molar-refractivity contribution is 0.188. The second kappa shape index (κ2) is 5.18. The zero-order chi connectivity index (χ0) is 14.2. The lowest BCUT2D eigenvalue weighted by Gasteiger charge is -2.12. The Balaban J connectivity index is 1.76. The highest BCUT2D eigenvalue weighted by atomic mass is 32.1. The fraction of sp³-hybridized carbons (Fsp3) is 0.357. The maximum absolute atomic E-state index is 5.56. The molecule has 0 spiro atoms. The van der Waals surface area contributed by atoms with Gasteiger partial charge < -0.3 is 10.1 Å². The average Bonchev–Trinajstić information content (AvgIpc) is 3.22. The molecule has 108 valence electrons. The number of fused-ring (bicyclic) bond motifs is 1. The molecule has 7 heteroatoms. The van der Waals surface area contributed by atoms with Crippen LogP contribution in [0.15, 0.2) is 30.3 Å². The van der Waals surface area contributed by atoms with Gasteiger partial charge in [-0.3, -0.25) is 0 Å². The minimum atomic E-state index is 0.283. The summed E-state index contributed by atoms with van der Waals surface area (Å²) in [6.45, 7) is 1.43. The van der Waals surface area contributed by atoms with Gasteiger partial charge in [0.25, 0.3) is 0 Å². The van der Waals surface area contributed by atoms with E-state index >= 15 is 0 Å². The minimum Gasteiger partial charge on any atom is -0.379 e. The predicted octanol–water partition coefficient (Wildman–Crippen LogP) is 1.55. The van der Waals surface area contributed by atoms with Crippen molar-refractivity contribution in [3.8, 4) is 11.4 Å². The first-order chi connectivity index (χ1) is 10.4. The highest BCUT2D eigenvalue weighted by Crippen LogP contribution is 2.30. The van der Waals surface area contributed by atoms with Crippen LogP contribution >= 0.6 is 11.3 Å². The van der Waals surface area contributed by atoms with Gasteiger partial charge in [0, 0.05) is 11.6 Å². The van der Waals surface area contributed by atoms with Crippen molar-refractivity contribution >= 4 is 16.3 Å². The molecule has 1 N–H and O–H groups in total. The Labute approximate surface area is 125 Å². The van der Waals surface area contributed by atoms with Crippen LogP contribution in [0.5, 0.6) is 0 Å². The van der Waals surface area contributed by atoms with Gasteiger partial charge in [-0.2, -0.15) is 9.61 Å². The standard InChI is InChI=1S/C14H15N5OS/c1-15-11-8-20-7-10(11)13-18-19-12(16-17-14(19)21-13)9-5-3-2-4-6-9/h2-6,10-11,15H,7-8H2,1H3. The van der Waals surface area contributed by atoms with E-state index < -0.39 is 0 Å². The number of likely N-dealkylation sites (N-methyl/N-ethyl adjacent to an activating group) is 1. The number of aromatic nitrogens is 4. The van der Waals surface area contributed by atoms with Gasteiger partial charge >= 0.3 is 0 Å². The molecule has 1 fully saturated rings. The van der Waals surface area contributed by atoms with Crippen LogP contribution in [-0.2, 0) is 4.74 Å².